The zero-order valence-corrected chi connectivity index (χ0v) is 12.7. The van der Waals surface area contributed by atoms with E-state index in [1.54, 1.807) is 0 Å². The molecule has 1 fully saturated rings. The van der Waals surface area contributed by atoms with Crippen LogP contribution in [0.25, 0.3) is 0 Å². The summed E-state index contributed by atoms with van der Waals surface area (Å²) in [5.74, 6) is 1.02. The van der Waals surface area contributed by atoms with Crippen LogP contribution in [0.1, 0.15) is 26.7 Å². The lowest BCUT2D eigenvalue weighted by Crippen LogP contribution is -2.40. The minimum Gasteiger partial charge on any atom is -0.371 e. The van der Waals surface area contributed by atoms with Gasteiger partial charge in [-0.3, -0.25) is 4.99 Å². The van der Waals surface area contributed by atoms with E-state index in [0.29, 0.717) is 6.10 Å². The highest BCUT2D eigenvalue weighted by Gasteiger charge is 2.31. The molecule has 0 saturated carbocycles. The Balaban J connectivity index is 0.00000128. The number of aliphatic imine (C=N–C) groups is 1. The molecule has 94 valence electrons. The number of nitrogens with one attached hydrogen (secondary N) is 1. The summed E-state index contributed by atoms with van der Waals surface area (Å²) in [6, 6.07) is 0. The molecule has 0 spiro atoms. The van der Waals surface area contributed by atoms with Crippen LogP contribution >= 0.6 is 24.0 Å². The molecule has 0 aromatic heterocycles. The molecule has 2 aliphatic rings. The Kier molecular flexibility index (Phi) is 4.85. The molecule has 5 heteroatoms. The molecule has 0 aromatic carbocycles. The number of likely N-dealkylation sites (N-methyl/N-ethyl adjacent to an activating group) is 1. The maximum atomic E-state index is 5.91. The Morgan fingerprint density at radius 3 is 2.81 bits per heavy atom. The van der Waals surface area contributed by atoms with Crippen molar-refractivity contribution >= 4 is 29.9 Å². The monoisotopic (exact) mass is 339 g/mol. The average Bonchev–Trinajstić information content (AvgIpc) is 2.69. The first-order valence-corrected chi connectivity index (χ1v) is 5.74. The quantitative estimate of drug-likeness (QED) is 0.774. The molecule has 0 aliphatic carbocycles. The summed E-state index contributed by atoms with van der Waals surface area (Å²) in [6.07, 6.45) is 2.65. The van der Waals surface area contributed by atoms with Crippen molar-refractivity contribution in [3.8, 4) is 0 Å². The first-order valence-electron chi connectivity index (χ1n) is 5.74. The smallest absolute Gasteiger partial charge is 0.193 e. The van der Waals surface area contributed by atoms with Crippen molar-refractivity contribution in [1.29, 1.82) is 0 Å². The fraction of sp³-hybridized carbons (Fsp3) is 0.909. The van der Waals surface area contributed by atoms with Gasteiger partial charge < -0.3 is 15.0 Å². The summed E-state index contributed by atoms with van der Waals surface area (Å²) in [5.41, 5.74) is 0.0652. The van der Waals surface area contributed by atoms with Gasteiger partial charge >= 0.3 is 0 Å². The zero-order chi connectivity index (χ0) is 10.9. The van der Waals surface area contributed by atoms with Crippen LogP contribution in [0, 0.1) is 0 Å². The fourth-order valence-corrected chi connectivity index (χ4v) is 2.15. The second kappa shape index (κ2) is 5.53. The molecule has 16 heavy (non-hydrogen) atoms. The first-order chi connectivity index (χ1) is 7.07. The highest BCUT2D eigenvalue weighted by molar-refractivity contribution is 14.0. The normalized spacial score (nSPS) is 27.6. The van der Waals surface area contributed by atoms with Gasteiger partial charge in [0, 0.05) is 20.1 Å². The Labute approximate surface area is 115 Å². The van der Waals surface area contributed by atoms with Crippen molar-refractivity contribution in [3.63, 3.8) is 0 Å². The van der Waals surface area contributed by atoms with E-state index < -0.39 is 0 Å². The molecule has 1 saturated heterocycles. The van der Waals surface area contributed by atoms with Gasteiger partial charge in [-0.25, -0.2) is 0 Å². The second-order valence-electron chi connectivity index (χ2n) is 5.05. The van der Waals surface area contributed by atoms with E-state index in [1.165, 1.54) is 0 Å². The number of rotatable bonds is 2. The summed E-state index contributed by atoms with van der Waals surface area (Å²) in [5, 5.41) is 3.36. The van der Waals surface area contributed by atoms with Crippen LogP contribution in [0.3, 0.4) is 0 Å². The maximum absolute atomic E-state index is 5.91. The van der Waals surface area contributed by atoms with E-state index in [-0.39, 0.29) is 29.6 Å². The Morgan fingerprint density at radius 1 is 1.56 bits per heavy atom. The van der Waals surface area contributed by atoms with Gasteiger partial charge in [0.05, 0.1) is 18.2 Å². The number of nitrogens with zero attached hydrogens (tertiary/aromatic N) is 2. The number of halogens is 1. The van der Waals surface area contributed by atoms with Gasteiger partial charge in [0.15, 0.2) is 5.96 Å². The van der Waals surface area contributed by atoms with E-state index in [0.717, 1.165) is 38.4 Å². The lowest BCUT2D eigenvalue weighted by atomic mass is 10.1. The Morgan fingerprint density at radius 2 is 2.31 bits per heavy atom. The molecular formula is C11H22IN3O. The van der Waals surface area contributed by atoms with Gasteiger partial charge in [0.2, 0.25) is 0 Å². The van der Waals surface area contributed by atoms with E-state index >= 15 is 0 Å². The number of guanidine groups is 1. The topological polar surface area (TPSA) is 36.9 Å². The highest BCUT2D eigenvalue weighted by atomic mass is 127. The van der Waals surface area contributed by atoms with Crippen molar-refractivity contribution < 1.29 is 4.74 Å². The minimum atomic E-state index is 0. The van der Waals surface area contributed by atoms with Gasteiger partial charge in [-0.05, 0) is 26.7 Å². The van der Waals surface area contributed by atoms with E-state index in [9.17, 15) is 0 Å². The second-order valence-corrected chi connectivity index (χ2v) is 5.05. The molecule has 1 unspecified atom stereocenters. The van der Waals surface area contributed by atoms with Crippen LogP contribution in [0.5, 0.6) is 0 Å². The van der Waals surface area contributed by atoms with Crippen LogP contribution in [-0.2, 0) is 4.74 Å². The third-order valence-corrected chi connectivity index (χ3v) is 3.10. The molecule has 2 aliphatic heterocycles. The summed E-state index contributed by atoms with van der Waals surface area (Å²) >= 11 is 0. The molecule has 0 radical (unpaired) electrons. The third-order valence-electron chi connectivity index (χ3n) is 3.10. The Bertz CT molecular complexity index is 268. The minimum absolute atomic E-state index is 0. The molecule has 2 heterocycles. The van der Waals surface area contributed by atoms with Crippen molar-refractivity contribution in [2.45, 2.75) is 38.4 Å². The fourth-order valence-electron chi connectivity index (χ4n) is 2.15. The van der Waals surface area contributed by atoms with E-state index in [4.69, 9.17) is 4.74 Å². The molecule has 4 nitrogen and oxygen atoms in total. The molecule has 0 amide bonds. The van der Waals surface area contributed by atoms with E-state index in [1.807, 2.05) is 0 Å². The van der Waals surface area contributed by atoms with Crippen LogP contribution in [-0.4, -0.2) is 49.2 Å². The van der Waals surface area contributed by atoms with Crippen molar-refractivity contribution in [2.24, 2.45) is 4.99 Å². The van der Waals surface area contributed by atoms with Crippen LogP contribution < -0.4 is 5.32 Å². The van der Waals surface area contributed by atoms with Crippen molar-refractivity contribution in [1.82, 2.24) is 10.2 Å². The number of hydrogen-bond donors (Lipinski definition) is 1. The summed E-state index contributed by atoms with van der Waals surface area (Å²) < 4.78 is 5.91. The van der Waals surface area contributed by atoms with Crippen LogP contribution in [0.15, 0.2) is 4.99 Å². The summed E-state index contributed by atoms with van der Waals surface area (Å²) in [4.78, 5) is 6.54. The third kappa shape index (κ3) is 3.48. The van der Waals surface area contributed by atoms with Gasteiger partial charge in [-0.15, -0.1) is 24.0 Å². The molecule has 1 N–H and O–H groups in total. The predicted molar refractivity (Wildman–Crippen MR) is 76.5 cm³/mol. The lowest BCUT2D eigenvalue weighted by Gasteiger charge is -2.21. The molecule has 2 rings (SSSR count). The van der Waals surface area contributed by atoms with Crippen LogP contribution in [0.4, 0.5) is 0 Å². The van der Waals surface area contributed by atoms with Crippen molar-refractivity contribution in [3.05, 3.63) is 0 Å². The predicted octanol–water partition coefficient (Wildman–Crippen LogP) is 1.45. The zero-order valence-electron chi connectivity index (χ0n) is 10.3. The summed E-state index contributed by atoms with van der Waals surface area (Å²) in [6.45, 7) is 7.14. The molecule has 1 atom stereocenters. The number of hydrogen-bond acceptors (Lipinski definition) is 4. The average molecular weight is 339 g/mol. The van der Waals surface area contributed by atoms with Gasteiger partial charge in [-0.2, -0.15) is 0 Å². The van der Waals surface area contributed by atoms with Crippen LogP contribution in [0.2, 0.25) is 0 Å². The summed E-state index contributed by atoms with van der Waals surface area (Å²) in [7, 11) is 2.07. The lowest BCUT2D eigenvalue weighted by molar-refractivity contribution is -0.0127. The molecule has 0 aromatic rings. The van der Waals surface area contributed by atoms with Gasteiger partial charge in [-0.1, -0.05) is 0 Å². The van der Waals surface area contributed by atoms with Gasteiger partial charge in [0.25, 0.3) is 0 Å². The van der Waals surface area contributed by atoms with E-state index in [2.05, 4.69) is 36.1 Å². The standard InChI is InChI=1S/C11H21N3O.HI/c1-11(2)5-4-9(15-11)8-13-10-12-6-7-14(10)3;/h9H,4-8H2,1-3H3,(H,12,13);1H. The number of ether oxygens (including phenoxy) is 1. The first kappa shape index (κ1) is 14.0. The van der Waals surface area contributed by atoms with Crippen molar-refractivity contribution in [2.75, 3.05) is 26.7 Å². The Hall–Kier alpha value is -0.0400. The highest BCUT2D eigenvalue weighted by Crippen LogP contribution is 2.28. The SMILES string of the molecule is CN1CCN=C1NCC1CCC(C)(C)O1.I. The molecule has 0 bridgehead atoms. The van der Waals surface area contributed by atoms with Gasteiger partial charge in [0.1, 0.15) is 0 Å². The molecular weight excluding hydrogens is 317 g/mol. The largest absolute Gasteiger partial charge is 0.371 e. The maximum Gasteiger partial charge on any atom is 0.193 e.